The van der Waals surface area contributed by atoms with E-state index in [0.29, 0.717) is 19.0 Å². The third-order valence-corrected chi connectivity index (χ3v) is 7.26. The van der Waals surface area contributed by atoms with Crippen LogP contribution in [0.2, 0.25) is 0 Å². The average Bonchev–Trinajstić information content (AvgIpc) is 3.19. The molecule has 0 spiro atoms. The maximum atomic E-state index is 12.8. The number of piperidine rings is 1. The summed E-state index contributed by atoms with van der Waals surface area (Å²) in [4.78, 5) is 21.9. The van der Waals surface area contributed by atoms with Crippen LogP contribution in [-0.4, -0.2) is 48.6 Å². The molecular weight excluding hydrogens is 406 g/mol. The van der Waals surface area contributed by atoms with Gasteiger partial charge in [-0.3, -0.25) is 10.0 Å². The molecule has 2 fully saturated rings. The van der Waals surface area contributed by atoms with Crippen molar-refractivity contribution in [2.24, 2.45) is 11.8 Å². The minimum atomic E-state index is -3.60. The Bertz CT molecular complexity index is 1220. The van der Waals surface area contributed by atoms with Crippen LogP contribution in [0.1, 0.15) is 10.4 Å². The van der Waals surface area contributed by atoms with E-state index in [9.17, 15) is 13.2 Å². The molecule has 1 aliphatic heterocycles. The Kier molecular flexibility index (Phi) is 4.42. The number of rotatable bonds is 5. The number of hydroxylamine groups is 1. The third kappa shape index (κ3) is 3.28. The second kappa shape index (κ2) is 7.01. The van der Waals surface area contributed by atoms with Crippen LogP contribution >= 0.6 is 0 Å². The highest BCUT2D eigenvalue weighted by Crippen LogP contribution is 2.46. The number of nitrogens with zero attached hydrogens (tertiary/aromatic N) is 3. The first-order valence-corrected chi connectivity index (χ1v) is 11.0. The molecule has 1 saturated heterocycles. The molecule has 154 valence electrons. The molecule has 1 amide bonds. The first-order valence-electron chi connectivity index (χ1n) is 9.49. The van der Waals surface area contributed by atoms with E-state index in [-0.39, 0.29) is 28.3 Å². The van der Waals surface area contributed by atoms with Gasteiger partial charge in [0, 0.05) is 31.5 Å². The number of amides is 1. The second-order valence-corrected chi connectivity index (χ2v) is 9.32. The van der Waals surface area contributed by atoms with Gasteiger partial charge in [0.15, 0.2) is 0 Å². The van der Waals surface area contributed by atoms with Gasteiger partial charge in [-0.1, -0.05) is 30.3 Å². The zero-order valence-electron chi connectivity index (χ0n) is 15.8. The molecule has 1 aromatic heterocycles. The number of aromatic nitrogens is 2. The maximum Gasteiger partial charge on any atom is 0.277 e. The molecule has 9 nitrogen and oxygen atoms in total. The van der Waals surface area contributed by atoms with Gasteiger partial charge < -0.3 is 4.90 Å². The lowest BCUT2D eigenvalue weighted by Crippen LogP contribution is -2.35. The van der Waals surface area contributed by atoms with Crippen molar-refractivity contribution in [1.82, 2.24) is 20.2 Å². The van der Waals surface area contributed by atoms with E-state index in [1.807, 2.05) is 35.2 Å². The lowest BCUT2D eigenvalue weighted by atomic mass is 10.1. The number of anilines is 1. The van der Waals surface area contributed by atoms with Crippen molar-refractivity contribution in [2.45, 2.75) is 10.9 Å². The summed E-state index contributed by atoms with van der Waals surface area (Å²) in [6.07, 6.45) is 2.69. The fraction of sp³-hybridized carbons (Fsp3) is 0.250. The molecule has 0 radical (unpaired) electrons. The highest BCUT2D eigenvalue weighted by Gasteiger charge is 2.57. The van der Waals surface area contributed by atoms with E-state index in [4.69, 9.17) is 5.21 Å². The van der Waals surface area contributed by atoms with E-state index < -0.39 is 15.9 Å². The van der Waals surface area contributed by atoms with Gasteiger partial charge in [0.1, 0.15) is 0 Å². The van der Waals surface area contributed by atoms with Crippen molar-refractivity contribution in [1.29, 1.82) is 0 Å². The molecule has 3 N–H and O–H groups in total. The van der Waals surface area contributed by atoms with Gasteiger partial charge in [0.25, 0.3) is 5.91 Å². The molecule has 5 rings (SSSR count). The van der Waals surface area contributed by atoms with Crippen molar-refractivity contribution in [3.8, 4) is 0 Å². The second-order valence-electron chi connectivity index (χ2n) is 7.60. The summed E-state index contributed by atoms with van der Waals surface area (Å²) < 4.78 is 28.5. The molecule has 2 aliphatic rings. The van der Waals surface area contributed by atoms with Crippen molar-refractivity contribution >= 4 is 32.7 Å². The summed E-state index contributed by atoms with van der Waals surface area (Å²) in [7, 11) is -3.60. The van der Waals surface area contributed by atoms with Gasteiger partial charge in [-0.25, -0.2) is 28.6 Å². The van der Waals surface area contributed by atoms with Crippen LogP contribution in [0, 0.1) is 11.8 Å². The Balaban J connectivity index is 1.24. The quantitative estimate of drug-likeness (QED) is 0.414. The SMILES string of the molecule is O=C(NO)c1cnc(N2C[C@@H]3C(NS(=O)(=O)c4ccc5ccccc5c4)[C@@H]3C2)nc1. The van der Waals surface area contributed by atoms with Gasteiger partial charge in [0.2, 0.25) is 16.0 Å². The number of nitrogens with one attached hydrogen (secondary N) is 2. The lowest BCUT2D eigenvalue weighted by Gasteiger charge is -2.20. The summed E-state index contributed by atoms with van der Waals surface area (Å²) >= 11 is 0. The van der Waals surface area contributed by atoms with Crippen molar-refractivity contribution in [3.63, 3.8) is 0 Å². The molecule has 0 bridgehead atoms. The van der Waals surface area contributed by atoms with Crippen LogP contribution in [0.15, 0.2) is 59.8 Å². The Hall–Kier alpha value is -3.08. The van der Waals surface area contributed by atoms with E-state index in [1.165, 1.54) is 17.9 Å². The fourth-order valence-electron chi connectivity index (χ4n) is 4.11. The van der Waals surface area contributed by atoms with Crippen LogP contribution in [-0.2, 0) is 10.0 Å². The molecule has 3 aromatic rings. The molecule has 2 heterocycles. The molecule has 1 aliphatic carbocycles. The standard InChI is InChI=1S/C20H19N5O4S/c26-19(23-27)14-8-21-20(22-9-14)25-10-16-17(11-25)18(16)24-30(28,29)15-6-5-12-3-1-2-4-13(12)7-15/h1-9,16-18,24,27H,10-11H2,(H,23,26)/t16-,17+,18?. The van der Waals surface area contributed by atoms with E-state index in [2.05, 4.69) is 14.7 Å². The van der Waals surface area contributed by atoms with E-state index in [1.54, 1.807) is 12.1 Å². The van der Waals surface area contributed by atoms with Crippen LogP contribution in [0.4, 0.5) is 5.95 Å². The number of carbonyl (C=O) groups is 1. The van der Waals surface area contributed by atoms with Crippen molar-refractivity contribution in [3.05, 3.63) is 60.4 Å². The number of carbonyl (C=O) groups excluding carboxylic acids is 1. The Morgan fingerprint density at radius 1 is 1.03 bits per heavy atom. The Morgan fingerprint density at radius 3 is 2.37 bits per heavy atom. The summed E-state index contributed by atoms with van der Waals surface area (Å²) in [5, 5.41) is 10.5. The van der Waals surface area contributed by atoms with Crippen LogP contribution in [0.3, 0.4) is 0 Å². The van der Waals surface area contributed by atoms with Gasteiger partial charge in [-0.2, -0.15) is 0 Å². The molecule has 3 atom stereocenters. The molecule has 1 unspecified atom stereocenters. The highest BCUT2D eigenvalue weighted by atomic mass is 32.2. The minimum Gasteiger partial charge on any atom is -0.340 e. The summed E-state index contributed by atoms with van der Waals surface area (Å²) in [5.74, 6) is 0.204. The van der Waals surface area contributed by atoms with Crippen LogP contribution in [0.25, 0.3) is 10.8 Å². The largest absolute Gasteiger partial charge is 0.340 e. The van der Waals surface area contributed by atoms with Gasteiger partial charge >= 0.3 is 0 Å². The number of sulfonamides is 1. The minimum absolute atomic E-state index is 0.0999. The zero-order chi connectivity index (χ0) is 20.9. The normalized spacial score (nSPS) is 22.7. The maximum absolute atomic E-state index is 12.8. The monoisotopic (exact) mass is 425 g/mol. The van der Waals surface area contributed by atoms with Crippen LogP contribution < -0.4 is 15.1 Å². The summed E-state index contributed by atoms with van der Waals surface area (Å²) in [6.45, 7) is 1.28. The van der Waals surface area contributed by atoms with Crippen molar-refractivity contribution < 1.29 is 18.4 Å². The molecule has 1 saturated carbocycles. The third-order valence-electron chi connectivity index (χ3n) is 5.80. The Morgan fingerprint density at radius 2 is 1.70 bits per heavy atom. The molecule has 30 heavy (non-hydrogen) atoms. The first kappa shape index (κ1) is 18.9. The smallest absolute Gasteiger partial charge is 0.277 e. The van der Waals surface area contributed by atoms with Gasteiger partial charge in [-0.15, -0.1) is 0 Å². The topological polar surface area (TPSA) is 125 Å². The molecular formula is C20H19N5O4S. The molecule has 10 heteroatoms. The predicted octanol–water partition coefficient (Wildman–Crippen LogP) is 1.16. The summed E-state index contributed by atoms with van der Waals surface area (Å²) in [6, 6.07) is 12.7. The number of benzene rings is 2. The lowest BCUT2D eigenvalue weighted by molar-refractivity contribution is 0.0705. The molecule has 2 aromatic carbocycles. The van der Waals surface area contributed by atoms with Crippen LogP contribution in [0.5, 0.6) is 0 Å². The van der Waals surface area contributed by atoms with Gasteiger partial charge in [-0.05, 0) is 34.7 Å². The zero-order valence-corrected chi connectivity index (χ0v) is 16.6. The Labute approximate surface area is 172 Å². The van der Waals surface area contributed by atoms with E-state index >= 15 is 0 Å². The fourth-order valence-corrected chi connectivity index (χ4v) is 5.49. The average molecular weight is 425 g/mol. The number of fused-ring (bicyclic) bond motifs is 2. The number of hydrogen-bond donors (Lipinski definition) is 3. The van der Waals surface area contributed by atoms with Crippen molar-refractivity contribution in [2.75, 3.05) is 18.0 Å². The highest BCUT2D eigenvalue weighted by molar-refractivity contribution is 7.89. The van der Waals surface area contributed by atoms with E-state index in [0.717, 1.165) is 10.8 Å². The predicted molar refractivity (Wildman–Crippen MR) is 109 cm³/mol. The first-order chi connectivity index (χ1) is 14.5. The van der Waals surface area contributed by atoms with Gasteiger partial charge in [0.05, 0.1) is 10.5 Å². The summed E-state index contributed by atoms with van der Waals surface area (Å²) in [5.41, 5.74) is 1.70. The number of hydrogen-bond acceptors (Lipinski definition) is 7.